The Balaban J connectivity index is 1.27. The van der Waals surface area contributed by atoms with Crippen molar-refractivity contribution in [3.8, 4) is 22.5 Å². The number of rotatable bonds is 4. The summed E-state index contributed by atoms with van der Waals surface area (Å²) in [4.78, 5) is 12.1. The third-order valence-electron chi connectivity index (χ3n) is 5.23. The number of nitrogens with zero attached hydrogens (tertiary/aromatic N) is 1. The zero-order valence-electron chi connectivity index (χ0n) is 15.8. The summed E-state index contributed by atoms with van der Waals surface area (Å²) >= 11 is 0. The third-order valence-corrected chi connectivity index (χ3v) is 5.23. The molecule has 0 atom stereocenters. The SMILES string of the molecule is O=C(NCc1ccccc1)Nc1ccc(-c2n[nH]c3c2Cc2ccccc2-3)cc1. The van der Waals surface area contributed by atoms with Crippen molar-refractivity contribution >= 4 is 11.7 Å². The molecular formula is C24H20N4O. The molecule has 0 aliphatic heterocycles. The summed E-state index contributed by atoms with van der Waals surface area (Å²) < 4.78 is 0. The number of H-pyrrole nitrogens is 1. The Morgan fingerprint density at radius 2 is 1.69 bits per heavy atom. The molecule has 29 heavy (non-hydrogen) atoms. The van der Waals surface area contributed by atoms with Gasteiger partial charge in [0, 0.05) is 35.3 Å². The molecule has 5 rings (SSSR count). The Morgan fingerprint density at radius 3 is 2.52 bits per heavy atom. The Bertz CT molecular complexity index is 1160. The number of benzene rings is 3. The lowest BCUT2D eigenvalue weighted by molar-refractivity contribution is 0.251. The van der Waals surface area contributed by atoms with Crippen molar-refractivity contribution in [2.75, 3.05) is 5.32 Å². The summed E-state index contributed by atoms with van der Waals surface area (Å²) in [7, 11) is 0. The number of anilines is 1. The van der Waals surface area contributed by atoms with Gasteiger partial charge in [-0.2, -0.15) is 5.10 Å². The van der Waals surface area contributed by atoms with E-state index >= 15 is 0 Å². The van der Waals surface area contributed by atoms with E-state index in [1.165, 1.54) is 16.7 Å². The number of aromatic nitrogens is 2. The van der Waals surface area contributed by atoms with E-state index in [9.17, 15) is 4.79 Å². The zero-order valence-corrected chi connectivity index (χ0v) is 15.8. The van der Waals surface area contributed by atoms with Gasteiger partial charge in [0.25, 0.3) is 0 Å². The first-order valence-electron chi connectivity index (χ1n) is 9.62. The van der Waals surface area contributed by atoms with Crippen LogP contribution in [0.2, 0.25) is 0 Å². The predicted octanol–water partition coefficient (Wildman–Crippen LogP) is 4.97. The van der Waals surface area contributed by atoms with Crippen molar-refractivity contribution in [1.82, 2.24) is 15.5 Å². The highest BCUT2D eigenvalue weighted by Crippen LogP contribution is 2.39. The van der Waals surface area contributed by atoms with Crippen LogP contribution in [0, 0.1) is 0 Å². The minimum absolute atomic E-state index is 0.224. The van der Waals surface area contributed by atoms with Gasteiger partial charge in [0.15, 0.2) is 0 Å². The largest absolute Gasteiger partial charge is 0.334 e. The van der Waals surface area contributed by atoms with E-state index in [4.69, 9.17) is 0 Å². The van der Waals surface area contributed by atoms with Gasteiger partial charge < -0.3 is 10.6 Å². The quantitative estimate of drug-likeness (QED) is 0.412. The minimum atomic E-state index is -0.224. The number of hydrogen-bond acceptors (Lipinski definition) is 2. The molecule has 4 aromatic rings. The Hall–Kier alpha value is -3.86. The molecular weight excluding hydrogens is 360 g/mol. The molecule has 2 amide bonds. The Morgan fingerprint density at radius 1 is 0.931 bits per heavy atom. The van der Waals surface area contributed by atoms with Crippen LogP contribution in [0.4, 0.5) is 10.5 Å². The second kappa shape index (κ2) is 7.28. The smallest absolute Gasteiger partial charge is 0.319 e. The Labute approximate surface area is 168 Å². The normalized spacial score (nSPS) is 11.6. The van der Waals surface area contributed by atoms with E-state index in [0.29, 0.717) is 6.54 Å². The predicted molar refractivity (Wildman–Crippen MR) is 115 cm³/mol. The van der Waals surface area contributed by atoms with Crippen LogP contribution in [0.5, 0.6) is 0 Å². The average Bonchev–Trinajstić information content (AvgIpc) is 3.33. The van der Waals surface area contributed by atoms with Gasteiger partial charge in [-0.1, -0.05) is 66.7 Å². The summed E-state index contributed by atoms with van der Waals surface area (Å²) in [5, 5.41) is 13.5. The highest BCUT2D eigenvalue weighted by Gasteiger charge is 2.24. The summed E-state index contributed by atoms with van der Waals surface area (Å²) in [6, 6.07) is 25.8. The van der Waals surface area contributed by atoms with Gasteiger partial charge in [-0.05, 0) is 23.3 Å². The van der Waals surface area contributed by atoms with Crippen LogP contribution in [0.3, 0.4) is 0 Å². The van der Waals surface area contributed by atoms with Crippen LogP contribution in [0.1, 0.15) is 16.7 Å². The molecule has 0 saturated carbocycles. The molecule has 0 fully saturated rings. The maximum absolute atomic E-state index is 12.1. The molecule has 5 nitrogen and oxygen atoms in total. The summed E-state index contributed by atoms with van der Waals surface area (Å²) in [5.74, 6) is 0. The number of nitrogens with one attached hydrogen (secondary N) is 3. The van der Waals surface area contributed by atoms with Gasteiger partial charge in [0.2, 0.25) is 0 Å². The molecule has 1 aliphatic rings. The summed E-state index contributed by atoms with van der Waals surface area (Å²) in [6.45, 7) is 0.491. The van der Waals surface area contributed by atoms with E-state index < -0.39 is 0 Å². The summed E-state index contributed by atoms with van der Waals surface area (Å²) in [5.41, 5.74) is 8.70. The number of hydrogen-bond donors (Lipinski definition) is 3. The first kappa shape index (κ1) is 17.3. The first-order valence-corrected chi connectivity index (χ1v) is 9.62. The van der Waals surface area contributed by atoms with Gasteiger partial charge in [0.1, 0.15) is 0 Å². The van der Waals surface area contributed by atoms with Crippen molar-refractivity contribution in [3.05, 3.63) is 95.6 Å². The number of fused-ring (bicyclic) bond motifs is 3. The van der Waals surface area contributed by atoms with Gasteiger partial charge in [0.05, 0.1) is 11.4 Å². The fraction of sp³-hybridized carbons (Fsp3) is 0.0833. The topological polar surface area (TPSA) is 69.8 Å². The lowest BCUT2D eigenvalue weighted by Crippen LogP contribution is -2.28. The van der Waals surface area contributed by atoms with Crippen LogP contribution in [0.25, 0.3) is 22.5 Å². The maximum atomic E-state index is 12.1. The molecule has 0 bridgehead atoms. The van der Waals surface area contributed by atoms with Gasteiger partial charge in [-0.25, -0.2) is 4.79 Å². The first-order chi connectivity index (χ1) is 14.3. The molecule has 1 aliphatic carbocycles. The van der Waals surface area contributed by atoms with E-state index in [1.54, 1.807) is 0 Å². The number of aromatic amines is 1. The lowest BCUT2D eigenvalue weighted by atomic mass is 10.1. The molecule has 0 radical (unpaired) electrons. The van der Waals surface area contributed by atoms with Crippen LogP contribution in [-0.2, 0) is 13.0 Å². The lowest BCUT2D eigenvalue weighted by Gasteiger charge is -2.08. The number of carbonyl (C=O) groups is 1. The molecule has 5 heteroatoms. The molecule has 0 saturated heterocycles. The van der Waals surface area contributed by atoms with E-state index in [2.05, 4.69) is 45.1 Å². The van der Waals surface area contributed by atoms with E-state index in [0.717, 1.165) is 34.6 Å². The van der Waals surface area contributed by atoms with Crippen molar-refractivity contribution in [3.63, 3.8) is 0 Å². The molecule has 1 aromatic heterocycles. The number of amides is 2. The van der Waals surface area contributed by atoms with Gasteiger partial charge in [-0.15, -0.1) is 0 Å². The third kappa shape index (κ3) is 3.38. The van der Waals surface area contributed by atoms with E-state index in [1.807, 2.05) is 54.6 Å². The summed E-state index contributed by atoms with van der Waals surface area (Å²) in [6.07, 6.45) is 0.888. The molecule has 3 N–H and O–H groups in total. The second-order valence-corrected chi connectivity index (χ2v) is 7.13. The molecule has 0 spiro atoms. The molecule has 1 heterocycles. The van der Waals surface area contributed by atoms with Crippen LogP contribution in [0.15, 0.2) is 78.9 Å². The standard InChI is InChI=1S/C24H20N4O/c29-24(25-15-16-6-2-1-3-7-16)26-19-12-10-17(11-13-19)22-21-14-18-8-4-5-9-20(18)23(21)28-27-22/h1-13H,14-15H2,(H,27,28)(H2,25,26,29). The molecule has 3 aromatic carbocycles. The van der Waals surface area contributed by atoms with Crippen molar-refractivity contribution in [1.29, 1.82) is 0 Å². The highest BCUT2D eigenvalue weighted by molar-refractivity contribution is 5.89. The molecule has 142 valence electrons. The zero-order chi connectivity index (χ0) is 19.6. The molecule has 0 unspecified atom stereocenters. The average molecular weight is 380 g/mol. The van der Waals surface area contributed by atoms with Crippen molar-refractivity contribution < 1.29 is 4.79 Å². The fourth-order valence-corrected chi connectivity index (χ4v) is 3.77. The maximum Gasteiger partial charge on any atom is 0.319 e. The Kier molecular flexibility index (Phi) is 4.33. The monoisotopic (exact) mass is 380 g/mol. The fourth-order valence-electron chi connectivity index (χ4n) is 3.77. The van der Waals surface area contributed by atoms with Crippen LogP contribution >= 0.6 is 0 Å². The van der Waals surface area contributed by atoms with Crippen LogP contribution < -0.4 is 10.6 Å². The second-order valence-electron chi connectivity index (χ2n) is 7.13. The van der Waals surface area contributed by atoms with Gasteiger partial charge >= 0.3 is 6.03 Å². The number of carbonyl (C=O) groups excluding carboxylic acids is 1. The van der Waals surface area contributed by atoms with Gasteiger partial charge in [-0.3, -0.25) is 5.10 Å². The number of urea groups is 1. The minimum Gasteiger partial charge on any atom is -0.334 e. The highest BCUT2D eigenvalue weighted by atomic mass is 16.2. The van der Waals surface area contributed by atoms with E-state index in [-0.39, 0.29) is 6.03 Å². The van der Waals surface area contributed by atoms with Crippen LogP contribution in [-0.4, -0.2) is 16.2 Å². The van der Waals surface area contributed by atoms with Crippen molar-refractivity contribution in [2.45, 2.75) is 13.0 Å². The van der Waals surface area contributed by atoms with Crippen molar-refractivity contribution in [2.24, 2.45) is 0 Å².